The largest absolute Gasteiger partial charge is 0.490 e. The summed E-state index contributed by atoms with van der Waals surface area (Å²) < 4.78 is 36.4. The number of rotatable bonds is 10. The van der Waals surface area contributed by atoms with Crippen molar-refractivity contribution in [3.63, 3.8) is 0 Å². The number of carbonyl (C=O) groups excluding carboxylic acids is 1. The molecular formula is C26H26FNO6. The number of hydrogen-bond donors (Lipinski definition) is 0. The van der Waals surface area contributed by atoms with E-state index in [0.717, 1.165) is 6.07 Å². The van der Waals surface area contributed by atoms with E-state index in [1.165, 1.54) is 12.1 Å². The fourth-order valence-electron chi connectivity index (χ4n) is 4.18. The SMILES string of the molecule is C=CCOc1ccc(C2c3c(oc4ccc(F)cc4c3=O)C(=O)N2CCCOC)cc1OCC. The van der Waals surface area contributed by atoms with Crippen molar-refractivity contribution < 1.29 is 27.8 Å². The first kappa shape index (κ1) is 23.5. The first-order chi connectivity index (χ1) is 16.5. The van der Waals surface area contributed by atoms with Gasteiger partial charge in [0, 0.05) is 20.3 Å². The summed E-state index contributed by atoms with van der Waals surface area (Å²) in [5.41, 5.74) is 0.567. The fourth-order valence-corrected chi connectivity index (χ4v) is 4.18. The van der Waals surface area contributed by atoms with Crippen molar-refractivity contribution >= 4 is 16.9 Å². The van der Waals surface area contributed by atoms with E-state index in [1.807, 2.05) is 6.92 Å². The molecule has 0 N–H and O–H groups in total. The highest BCUT2D eigenvalue weighted by molar-refractivity contribution is 5.99. The molecule has 34 heavy (non-hydrogen) atoms. The molecular weight excluding hydrogens is 441 g/mol. The smallest absolute Gasteiger partial charge is 0.290 e. The Morgan fingerprint density at radius 3 is 2.71 bits per heavy atom. The van der Waals surface area contributed by atoms with Crippen LogP contribution in [-0.2, 0) is 4.74 Å². The van der Waals surface area contributed by atoms with Crippen molar-refractivity contribution in [2.45, 2.75) is 19.4 Å². The molecule has 0 aliphatic carbocycles. The van der Waals surface area contributed by atoms with Gasteiger partial charge in [-0.05, 0) is 49.2 Å². The van der Waals surface area contributed by atoms with Gasteiger partial charge in [0.05, 0.1) is 23.6 Å². The number of fused-ring (bicyclic) bond motifs is 2. The minimum absolute atomic E-state index is 0.0310. The third-order valence-electron chi connectivity index (χ3n) is 5.62. The van der Waals surface area contributed by atoms with Crippen LogP contribution in [0.15, 0.2) is 58.3 Å². The molecule has 2 heterocycles. The normalized spacial score (nSPS) is 15.0. The summed E-state index contributed by atoms with van der Waals surface area (Å²) in [5.74, 6) is 0.0187. The van der Waals surface area contributed by atoms with Crippen molar-refractivity contribution in [2.75, 3.05) is 33.5 Å². The molecule has 1 aliphatic heterocycles. The summed E-state index contributed by atoms with van der Waals surface area (Å²) in [7, 11) is 1.58. The second-order valence-electron chi connectivity index (χ2n) is 7.80. The van der Waals surface area contributed by atoms with Crippen LogP contribution in [0.2, 0.25) is 0 Å². The molecule has 1 amide bonds. The van der Waals surface area contributed by atoms with Crippen LogP contribution in [0, 0.1) is 5.82 Å². The second-order valence-corrected chi connectivity index (χ2v) is 7.80. The molecule has 0 fully saturated rings. The Labute approximate surface area is 196 Å². The van der Waals surface area contributed by atoms with Gasteiger partial charge in [0.25, 0.3) is 5.91 Å². The lowest BCUT2D eigenvalue weighted by Gasteiger charge is -2.25. The quantitative estimate of drug-likeness (QED) is 0.323. The molecule has 0 saturated heterocycles. The van der Waals surface area contributed by atoms with Crippen LogP contribution in [0.1, 0.15) is 41.1 Å². The summed E-state index contributed by atoms with van der Waals surface area (Å²) >= 11 is 0. The Morgan fingerprint density at radius 1 is 1.15 bits per heavy atom. The average molecular weight is 467 g/mol. The van der Waals surface area contributed by atoms with Crippen molar-refractivity contribution in [1.82, 2.24) is 4.90 Å². The van der Waals surface area contributed by atoms with E-state index >= 15 is 0 Å². The molecule has 4 rings (SSSR count). The van der Waals surface area contributed by atoms with E-state index in [1.54, 1.807) is 36.3 Å². The zero-order valence-corrected chi connectivity index (χ0v) is 19.1. The molecule has 178 valence electrons. The average Bonchev–Trinajstić information content (AvgIpc) is 3.11. The summed E-state index contributed by atoms with van der Waals surface area (Å²) in [4.78, 5) is 28.4. The molecule has 8 heteroatoms. The zero-order chi connectivity index (χ0) is 24.2. The minimum atomic E-state index is -0.726. The summed E-state index contributed by atoms with van der Waals surface area (Å²) in [6.45, 7) is 6.99. The van der Waals surface area contributed by atoms with Gasteiger partial charge in [-0.15, -0.1) is 0 Å². The summed E-state index contributed by atoms with van der Waals surface area (Å²) in [6, 6.07) is 8.25. The molecule has 0 radical (unpaired) electrons. The monoisotopic (exact) mass is 467 g/mol. The van der Waals surface area contributed by atoms with Gasteiger partial charge >= 0.3 is 0 Å². The molecule has 0 bridgehead atoms. The van der Waals surface area contributed by atoms with Crippen LogP contribution in [-0.4, -0.2) is 44.3 Å². The number of amides is 1. The van der Waals surface area contributed by atoms with Crippen LogP contribution >= 0.6 is 0 Å². The molecule has 0 spiro atoms. The van der Waals surface area contributed by atoms with Crippen LogP contribution in [0.4, 0.5) is 4.39 Å². The highest BCUT2D eigenvalue weighted by atomic mass is 19.1. The van der Waals surface area contributed by atoms with E-state index in [2.05, 4.69) is 6.58 Å². The van der Waals surface area contributed by atoms with Gasteiger partial charge in [-0.1, -0.05) is 18.7 Å². The highest BCUT2D eigenvalue weighted by Gasteiger charge is 2.42. The van der Waals surface area contributed by atoms with Crippen LogP contribution in [0.3, 0.4) is 0 Å². The van der Waals surface area contributed by atoms with Gasteiger partial charge in [-0.25, -0.2) is 4.39 Å². The third kappa shape index (κ3) is 4.28. The zero-order valence-electron chi connectivity index (χ0n) is 19.1. The maximum absolute atomic E-state index is 13.9. The van der Waals surface area contributed by atoms with Gasteiger partial charge in [0.1, 0.15) is 18.0 Å². The van der Waals surface area contributed by atoms with E-state index in [0.29, 0.717) is 49.8 Å². The minimum Gasteiger partial charge on any atom is -0.490 e. The molecule has 2 aromatic carbocycles. The Balaban J connectivity index is 1.88. The maximum Gasteiger partial charge on any atom is 0.290 e. The predicted octanol–water partition coefficient (Wildman–Crippen LogP) is 4.48. The number of nitrogens with zero attached hydrogens (tertiary/aromatic N) is 1. The first-order valence-corrected chi connectivity index (χ1v) is 11.1. The van der Waals surface area contributed by atoms with Crippen molar-refractivity contribution in [3.05, 3.63) is 82.0 Å². The first-order valence-electron chi connectivity index (χ1n) is 11.1. The summed E-state index contributed by atoms with van der Waals surface area (Å²) in [5, 5.41) is 0.0891. The fraction of sp³-hybridized carbons (Fsp3) is 0.308. The van der Waals surface area contributed by atoms with Gasteiger partial charge in [0.15, 0.2) is 16.9 Å². The van der Waals surface area contributed by atoms with Crippen LogP contribution < -0.4 is 14.9 Å². The van der Waals surface area contributed by atoms with Crippen molar-refractivity contribution in [3.8, 4) is 11.5 Å². The van der Waals surface area contributed by atoms with Crippen molar-refractivity contribution in [2.24, 2.45) is 0 Å². The molecule has 0 saturated carbocycles. The molecule has 1 aliphatic rings. The number of methoxy groups -OCH3 is 1. The van der Waals surface area contributed by atoms with E-state index in [9.17, 15) is 14.0 Å². The maximum atomic E-state index is 13.9. The van der Waals surface area contributed by atoms with Gasteiger partial charge in [0.2, 0.25) is 5.76 Å². The van der Waals surface area contributed by atoms with Crippen molar-refractivity contribution in [1.29, 1.82) is 0 Å². The van der Waals surface area contributed by atoms with Gasteiger partial charge < -0.3 is 23.5 Å². The Hall–Kier alpha value is -3.65. The van der Waals surface area contributed by atoms with E-state index in [4.69, 9.17) is 18.6 Å². The van der Waals surface area contributed by atoms with Crippen LogP contribution in [0.5, 0.6) is 11.5 Å². The number of hydrogen-bond acceptors (Lipinski definition) is 6. The number of halogens is 1. The third-order valence-corrected chi connectivity index (χ3v) is 5.62. The lowest BCUT2D eigenvalue weighted by Crippen LogP contribution is -2.31. The lowest BCUT2D eigenvalue weighted by atomic mass is 9.98. The predicted molar refractivity (Wildman–Crippen MR) is 125 cm³/mol. The van der Waals surface area contributed by atoms with Gasteiger partial charge in [-0.2, -0.15) is 0 Å². The second kappa shape index (κ2) is 10.1. The lowest BCUT2D eigenvalue weighted by molar-refractivity contribution is 0.0707. The Bertz CT molecular complexity index is 1280. The number of benzene rings is 2. The Kier molecular flexibility index (Phi) is 6.98. The van der Waals surface area contributed by atoms with Gasteiger partial charge in [-0.3, -0.25) is 9.59 Å². The standard InChI is InChI=1S/C26H26FNO6/c1-4-12-33-20-9-7-16(14-21(20)32-5-2)23-22-24(29)18-15-17(27)8-10-19(18)34-25(22)26(30)28(23)11-6-13-31-3/h4,7-10,14-15,23H,1,5-6,11-13H2,2-3H3. The Morgan fingerprint density at radius 2 is 1.97 bits per heavy atom. The number of ether oxygens (including phenoxy) is 3. The molecule has 1 atom stereocenters. The number of carbonyl (C=O) groups is 1. The topological polar surface area (TPSA) is 78.2 Å². The molecule has 1 aromatic heterocycles. The molecule has 3 aromatic rings. The van der Waals surface area contributed by atoms with E-state index < -0.39 is 23.2 Å². The highest BCUT2D eigenvalue weighted by Crippen LogP contribution is 2.41. The summed E-state index contributed by atoms with van der Waals surface area (Å²) in [6.07, 6.45) is 2.19. The molecule has 1 unspecified atom stereocenters. The van der Waals surface area contributed by atoms with E-state index in [-0.39, 0.29) is 22.3 Å². The van der Waals surface area contributed by atoms with Crippen LogP contribution in [0.25, 0.3) is 11.0 Å². The molecule has 7 nitrogen and oxygen atoms in total.